The van der Waals surface area contributed by atoms with E-state index in [9.17, 15) is 9.59 Å². The van der Waals surface area contributed by atoms with E-state index in [0.717, 1.165) is 0 Å². The van der Waals surface area contributed by atoms with Crippen LogP contribution in [-0.2, 0) is 0 Å². The quantitative estimate of drug-likeness (QED) is 0.765. The van der Waals surface area contributed by atoms with E-state index in [0.29, 0.717) is 5.52 Å². The molecule has 7 nitrogen and oxygen atoms in total. The third-order valence-electron chi connectivity index (χ3n) is 2.08. The molecule has 2 rings (SSSR count). The Kier molecular flexibility index (Phi) is 3.34. The number of carbonyl (C=O) groups is 2. The van der Waals surface area contributed by atoms with E-state index in [1.54, 1.807) is 18.2 Å². The lowest BCUT2D eigenvalue weighted by atomic mass is 10.1. The molecule has 1 aromatic heterocycles. The van der Waals surface area contributed by atoms with Gasteiger partial charge in [0, 0.05) is 5.39 Å². The SMILES string of the molecule is O.O=C(O)c1nnc2ccccc2c1C(=O)O. The third-order valence-corrected chi connectivity index (χ3v) is 2.08. The molecule has 2 aromatic rings. The number of nitrogens with zero attached hydrogens (tertiary/aromatic N) is 2. The Bertz CT molecular complexity index is 596. The lowest BCUT2D eigenvalue weighted by molar-refractivity contribution is 0.0647. The van der Waals surface area contributed by atoms with Gasteiger partial charge in [-0.15, -0.1) is 10.2 Å². The van der Waals surface area contributed by atoms with Gasteiger partial charge in [0.15, 0.2) is 5.69 Å². The van der Waals surface area contributed by atoms with E-state index in [4.69, 9.17) is 10.2 Å². The summed E-state index contributed by atoms with van der Waals surface area (Å²) < 4.78 is 0. The van der Waals surface area contributed by atoms with Crippen molar-refractivity contribution in [2.24, 2.45) is 0 Å². The summed E-state index contributed by atoms with van der Waals surface area (Å²) in [5, 5.41) is 25.1. The molecule has 1 heterocycles. The average Bonchev–Trinajstić information content (AvgIpc) is 2.27. The number of carboxylic acids is 2. The molecule has 1 aromatic carbocycles. The molecule has 7 heteroatoms. The van der Waals surface area contributed by atoms with E-state index >= 15 is 0 Å². The van der Waals surface area contributed by atoms with Crippen molar-refractivity contribution >= 4 is 22.8 Å². The highest BCUT2D eigenvalue weighted by Gasteiger charge is 2.21. The maximum absolute atomic E-state index is 11.0. The van der Waals surface area contributed by atoms with Crippen molar-refractivity contribution in [1.29, 1.82) is 0 Å². The number of benzene rings is 1. The van der Waals surface area contributed by atoms with Crippen molar-refractivity contribution < 1.29 is 25.3 Å². The van der Waals surface area contributed by atoms with Gasteiger partial charge >= 0.3 is 11.9 Å². The van der Waals surface area contributed by atoms with Crippen molar-refractivity contribution in [2.75, 3.05) is 0 Å². The van der Waals surface area contributed by atoms with Crippen LogP contribution < -0.4 is 0 Å². The molecule has 0 saturated carbocycles. The van der Waals surface area contributed by atoms with Crippen LogP contribution in [0.15, 0.2) is 24.3 Å². The zero-order valence-electron chi connectivity index (χ0n) is 8.41. The molecule has 0 spiro atoms. The highest BCUT2D eigenvalue weighted by atomic mass is 16.4. The Morgan fingerprint density at radius 1 is 1.00 bits per heavy atom. The monoisotopic (exact) mass is 236 g/mol. The first-order chi connectivity index (χ1) is 7.61. The van der Waals surface area contributed by atoms with E-state index in [-0.39, 0.29) is 16.4 Å². The minimum absolute atomic E-state index is 0. The van der Waals surface area contributed by atoms with Crippen molar-refractivity contribution in [3.05, 3.63) is 35.5 Å². The van der Waals surface area contributed by atoms with E-state index < -0.39 is 17.6 Å². The number of hydrogen-bond donors (Lipinski definition) is 2. The molecule has 4 N–H and O–H groups in total. The maximum atomic E-state index is 11.0. The molecule has 0 radical (unpaired) electrons. The molecule has 88 valence electrons. The van der Waals surface area contributed by atoms with Crippen LogP contribution in [0.25, 0.3) is 10.9 Å². The van der Waals surface area contributed by atoms with Crippen LogP contribution in [-0.4, -0.2) is 37.8 Å². The zero-order valence-corrected chi connectivity index (χ0v) is 8.41. The van der Waals surface area contributed by atoms with Crippen molar-refractivity contribution in [3.8, 4) is 0 Å². The fourth-order valence-electron chi connectivity index (χ4n) is 1.42. The largest absolute Gasteiger partial charge is 0.478 e. The predicted octanol–water partition coefficient (Wildman–Crippen LogP) is 0.201. The van der Waals surface area contributed by atoms with Gasteiger partial charge in [0.25, 0.3) is 0 Å². The fraction of sp³-hybridized carbons (Fsp3) is 0. The third kappa shape index (κ3) is 2.04. The van der Waals surface area contributed by atoms with Crippen molar-refractivity contribution in [2.45, 2.75) is 0 Å². The number of aromatic nitrogens is 2. The van der Waals surface area contributed by atoms with Gasteiger partial charge in [-0.3, -0.25) is 0 Å². The number of rotatable bonds is 2. The molecule has 0 unspecified atom stereocenters. The van der Waals surface area contributed by atoms with Crippen molar-refractivity contribution in [1.82, 2.24) is 10.2 Å². The average molecular weight is 236 g/mol. The second kappa shape index (κ2) is 4.54. The second-order valence-corrected chi connectivity index (χ2v) is 3.05. The van der Waals surface area contributed by atoms with E-state index in [1.807, 2.05) is 0 Å². The summed E-state index contributed by atoms with van der Waals surface area (Å²) in [5.41, 5.74) is -0.533. The summed E-state index contributed by atoms with van der Waals surface area (Å²) >= 11 is 0. The van der Waals surface area contributed by atoms with Gasteiger partial charge in [-0.05, 0) is 6.07 Å². The minimum Gasteiger partial charge on any atom is -0.478 e. The van der Waals surface area contributed by atoms with Gasteiger partial charge in [0.2, 0.25) is 0 Å². The second-order valence-electron chi connectivity index (χ2n) is 3.05. The van der Waals surface area contributed by atoms with Crippen LogP contribution in [0, 0.1) is 0 Å². The highest BCUT2D eigenvalue weighted by molar-refractivity contribution is 6.09. The number of aromatic carboxylic acids is 2. The molecule has 17 heavy (non-hydrogen) atoms. The molecule has 0 bridgehead atoms. The van der Waals surface area contributed by atoms with Crippen molar-refractivity contribution in [3.63, 3.8) is 0 Å². The minimum atomic E-state index is -1.41. The standard InChI is InChI=1S/C10H6N2O4.H2O/c13-9(14)7-5-3-1-2-4-6(5)11-12-8(7)10(15)16;/h1-4H,(H,13,14)(H,15,16);1H2. The summed E-state index contributed by atoms with van der Waals surface area (Å²) in [5.74, 6) is -2.74. The summed E-state index contributed by atoms with van der Waals surface area (Å²) in [6.45, 7) is 0. The summed E-state index contributed by atoms with van der Waals surface area (Å²) in [6.07, 6.45) is 0. The van der Waals surface area contributed by atoms with Crippen LogP contribution in [0.1, 0.15) is 20.8 Å². The molecule has 0 aliphatic rings. The van der Waals surface area contributed by atoms with Crippen LogP contribution in [0.4, 0.5) is 0 Å². The Balaban J connectivity index is 0.00000144. The Labute approximate surface area is 94.6 Å². The van der Waals surface area contributed by atoms with Crippen LogP contribution in [0.2, 0.25) is 0 Å². The Hall–Kier alpha value is -2.54. The molecule has 0 aliphatic carbocycles. The smallest absolute Gasteiger partial charge is 0.357 e. The van der Waals surface area contributed by atoms with Gasteiger partial charge in [0.1, 0.15) is 5.56 Å². The number of hydrogen-bond acceptors (Lipinski definition) is 4. The van der Waals surface area contributed by atoms with Crippen LogP contribution in [0.3, 0.4) is 0 Å². The van der Waals surface area contributed by atoms with Gasteiger partial charge < -0.3 is 15.7 Å². The van der Waals surface area contributed by atoms with Gasteiger partial charge in [0.05, 0.1) is 5.52 Å². The summed E-state index contributed by atoms with van der Waals surface area (Å²) in [6, 6.07) is 6.35. The lowest BCUT2D eigenvalue weighted by Gasteiger charge is -2.03. The van der Waals surface area contributed by atoms with E-state index in [1.165, 1.54) is 6.07 Å². The van der Waals surface area contributed by atoms with Gasteiger partial charge in [-0.2, -0.15) is 0 Å². The Morgan fingerprint density at radius 3 is 2.24 bits per heavy atom. The van der Waals surface area contributed by atoms with Crippen LogP contribution in [0.5, 0.6) is 0 Å². The molecule has 0 saturated heterocycles. The topological polar surface area (TPSA) is 132 Å². The lowest BCUT2D eigenvalue weighted by Crippen LogP contribution is -2.12. The van der Waals surface area contributed by atoms with E-state index in [2.05, 4.69) is 10.2 Å². The highest BCUT2D eigenvalue weighted by Crippen LogP contribution is 2.18. The first kappa shape index (κ1) is 12.5. The molecule has 0 aliphatic heterocycles. The molecular formula is C10H8N2O5. The zero-order chi connectivity index (χ0) is 11.7. The number of fused-ring (bicyclic) bond motifs is 1. The summed E-state index contributed by atoms with van der Waals surface area (Å²) in [4.78, 5) is 21.8. The normalized spacial score (nSPS) is 9.65. The van der Waals surface area contributed by atoms with Gasteiger partial charge in [-0.1, -0.05) is 18.2 Å². The van der Waals surface area contributed by atoms with Gasteiger partial charge in [-0.25, -0.2) is 9.59 Å². The van der Waals surface area contributed by atoms with Crippen LogP contribution >= 0.6 is 0 Å². The molecular weight excluding hydrogens is 228 g/mol. The molecule has 0 atom stereocenters. The Morgan fingerprint density at radius 2 is 1.65 bits per heavy atom. The first-order valence-electron chi connectivity index (χ1n) is 4.33. The maximum Gasteiger partial charge on any atom is 0.357 e. The fourth-order valence-corrected chi connectivity index (χ4v) is 1.42. The molecule has 0 amide bonds. The summed E-state index contributed by atoms with van der Waals surface area (Å²) in [7, 11) is 0. The first-order valence-corrected chi connectivity index (χ1v) is 4.33. The predicted molar refractivity (Wildman–Crippen MR) is 57.1 cm³/mol. The number of carboxylic acid groups (broad SMARTS) is 2. The molecule has 0 fully saturated rings.